The molecule has 1 nitrogen and oxygen atoms in total. The smallest absolute Gasteiger partial charge is 0.123 e. The van der Waals surface area contributed by atoms with Crippen LogP contribution in [0.4, 0.5) is 4.39 Å². The molecule has 2 aromatic rings. The van der Waals surface area contributed by atoms with Crippen molar-refractivity contribution in [1.82, 2.24) is 0 Å². The molecule has 0 aliphatic heterocycles. The Hall–Kier alpha value is -1.19. The summed E-state index contributed by atoms with van der Waals surface area (Å²) in [7, 11) is 0. The molecule has 0 fully saturated rings. The molecule has 0 spiro atoms. The number of benzene rings is 2. The van der Waals surface area contributed by atoms with Crippen molar-refractivity contribution in [3.05, 3.63) is 69.4 Å². The second-order valence-electron chi connectivity index (χ2n) is 3.95. The molecule has 88 valence electrons. The van der Waals surface area contributed by atoms with Crippen LogP contribution >= 0.6 is 15.9 Å². The number of hydrogen-bond donors (Lipinski definition) is 1. The van der Waals surface area contributed by atoms with Crippen molar-refractivity contribution in [3.63, 3.8) is 0 Å². The lowest BCUT2D eigenvalue weighted by Crippen LogP contribution is -2.02. The van der Waals surface area contributed by atoms with E-state index in [-0.39, 0.29) is 5.82 Å². The third-order valence-corrected chi connectivity index (χ3v) is 3.25. The summed E-state index contributed by atoms with van der Waals surface area (Å²) in [6.45, 7) is 1.86. The Morgan fingerprint density at radius 1 is 1.12 bits per heavy atom. The van der Waals surface area contributed by atoms with Crippen LogP contribution in [-0.2, 0) is 0 Å². The molecular weight excluding hydrogens is 283 g/mol. The quantitative estimate of drug-likeness (QED) is 0.888. The van der Waals surface area contributed by atoms with E-state index in [9.17, 15) is 9.50 Å². The summed E-state index contributed by atoms with van der Waals surface area (Å²) < 4.78 is 14.1. The van der Waals surface area contributed by atoms with Crippen LogP contribution in [0, 0.1) is 12.7 Å². The van der Waals surface area contributed by atoms with E-state index in [1.807, 2.05) is 31.2 Å². The lowest BCUT2D eigenvalue weighted by molar-refractivity contribution is 0.219. The Morgan fingerprint density at radius 3 is 2.41 bits per heavy atom. The predicted molar refractivity (Wildman–Crippen MR) is 69.3 cm³/mol. The molecule has 0 unspecified atom stereocenters. The van der Waals surface area contributed by atoms with Crippen molar-refractivity contribution in [3.8, 4) is 0 Å². The number of aliphatic hydroxyl groups is 1. The highest BCUT2D eigenvalue weighted by Gasteiger charge is 2.13. The Bertz CT molecular complexity index is 522. The molecule has 0 bridgehead atoms. The van der Waals surface area contributed by atoms with Gasteiger partial charge in [0.1, 0.15) is 11.9 Å². The Kier molecular flexibility index (Phi) is 3.60. The standard InChI is InChI=1S/C14H12BrFO/c1-9-2-7-12(16)8-13(9)14(17)10-3-5-11(15)6-4-10/h2-8,14,17H,1H3/t14-/m0/s1. The molecule has 0 saturated carbocycles. The second kappa shape index (κ2) is 4.98. The Morgan fingerprint density at radius 2 is 1.76 bits per heavy atom. The number of halogens is 2. The number of rotatable bonds is 2. The van der Waals surface area contributed by atoms with Gasteiger partial charge in [-0.1, -0.05) is 34.1 Å². The van der Waals surface area contributed by atoms with E-state index in [1.165, 1.54) is 12.1 Å². The molecule has 0 heterocycles. The highest BCUT2D eigenvalue weighted by atomic mass is 79.9. The summed E-state index contributed by atoms with van der Waals surface area (Å²) in [4.78, 5) is 0. The van der Waals surface area contributed by atoms with Gasteiger partial charge in [0.2, 0.25) is 0 Å². The minimum Gasteiger partial charge on any atom is -0.384 e. The number of aryl methyl sites for hydroxylation is 1. The minimum atomic E-state index is -0.793. The molecule has 0 aliphatic carbocycles. The van der Waals surface area contributed by atoms with E-state index >= 15 is 0 Å². The zero-order valence-electron chi connectivity index (χ0n) is 9.32. The van der Waals surface area contributed by atoms with Crippen molar-refractivity contribution >= 4 is 15.9 Å². The third-order valence-electron chi connectivity index (χ3n) is 2.72. The van der Waals surface area contributed by atoms with Crippen molar-refractivity contribution in [2.75, 3.05) is 0 Å². The molecule has 0 amide bonds. The maximum Gasteiger partial charge on any atom is 0.123 e. The van der Waals surface area contributed by atoms with E-state index in [0.29, 0.717) is 5.56 Å². The summed E-state index contributed by atoms with van der Waals surface area (Å²) in [6, 6.07) is 11.8. The van der Waals surface area contributed by atoms with E-state index in [0.717, 1.165) is 15.6 Å². The van der Waals surface area contributed by atoms with Gasteiger partial charge in [-0.05, 0) is 47.9 Å². The maximum atomic E-state index is 13.2. The molecule has 17 heavy (non-hydrogen) atoms. The molecule has 2 rings (SSSR count). The van der Waals surface area contributed by atoms with Gasteiger partial charge in [-0.2, -0.15) is 0 Å². The summed E-state index contributed by atoms with van der Waals surface area (Å²) >= 11 is 3.34. The maximum absolute atomic E-state index is 13.2. The number of aliphatic hydroxyl groups excluding tert-OH is 1. The second-order valence-corrected chi connectivity index (χ2v) is 4.87. The highest BCUT2D eigenvalue weighted by molar-refractivity contribution is 9.10. The normalized spacial score (nSPS) is 12.5. The van der Waals surface area contributed by atoms with Gasteiger partial charge in [0, 0.05) is 4.47 Å². The van der Waals surface area contributed by atoms with Crippen molar-refractivity contribution in [2.24, 2.45) is 0 Å². The van der Waals surface area contributed by atoms with Gasteiger partial charge < -0.3 is 5.11 Å². The highest BCUT2D eigenvalue weighted by Crippen LogP contribution is 2.26. The van der Waals surface area contributed by atoms with Crippen molar-refractivity contribution < 1.29 is 9.50 Å². The largest absolute Gasteiger partial charge is 0.384 e. The van der Waals surface area contributed by atoms with Crippen LogP contribution in [-0.4, -0.2) is 5.11 Å². The summed E-state index contributed by atoms with van der Waals surface area (Å²) in [5, 5.41) is 10.2. The first-order chi connectivity index (χ1) is 8.08. The van der Waals surface area contributed by atoms with Gasteiger partial charge >= 0.3 is 0 Å². The van der Waals surface area contributed by atoms with Crippen LogP contribution in [0.25, 0.3) is 0 Å². The molecule has 3 heteroatoms. The number of hydrogen-bond acceptors (Lipinski definition) is 1. The monoisotopic (exact) mass is 294 g/mol. The summed E-state index contributed by atoms with van der Waals surface area (Å²) in [5.41, 5.74) is 2.23. The van der Waals surface area contributed by atoms with Gasteiger partial charge in [-0.25, -0.2) is 4.39 Å². The topological polar surface area (TPSA) is 20.2 Å². The Balaban J connectivity index is 2.39. The van der Waals surface area contributed by atoms with E-state index in [2.05, 4.69) is 15.9 Å². The molecule has 2 aromatic carbocycles. The third kappa shape index (κ3) is 2.73. The van der Waals surface area contributed by atoms with Crippen molar-refractivity contribution in [2.45, 2.75) is 13.0 Å². The van der Waals surface area contributed by atoms with Gasteiger partial charge in [-0.3, -0.25) is 0 Å². The first-order valence-corrected chi connectivity index (χ1v) is 6.07. The fourth-order valence-electron chi connectivity index (χ4n) is 1.73. The van der Waals surface area contributed by atoms with Crippen LogP contribution < -0.4 is 0 Å². The van der Waals surface area contributed by atoms with Crippen LogP contribution in [0.5, 0.6) is 0 Å². The van der Waals surface area contributed by atoms with Crippen LogP contribution in [0.2, 0.25) is 0 Å². The van der Waals surface area contributed by atoms with Crippen molar-refractivity contribution in [1.29, 1.82) is 0 Å². The average molecular weight is 295 g/mol. The average Bonchev–Trinajstić information content (AvgIpc) is 2.32. The predicted octanol–water partition coefficient (Wildman–Crippen LogP) is 3.98. The van der Waals surface area contributed by atoms with E-state index < -0.39 is 6.10 Å². The van der Waals surface area contributed by atoms with Gasteiger partial charge in [0.25, 0.3) is 0 Å². The van der Waals surface area contributed by atoms with Crippen LogP contribution in [0.3, 0.4) is 0 Å². The fourth-order valence-corrected chi connectivity index (χ4v) is 1.99. The molecule has 1 N–H and O–H groups in total. The molecule has 1 atom stereocenters. The Labute approximate surface area is 108 Å². The summed E-state index contributed by atoms with van der Waals surface area (Å²) in [5.74, 6) is -0.332. The van der Waals surface area contributed by atoms with Gasteiger partial charge in [0.15, 0.2) is 0 Å². The zero-order chi connectivity index (χ0) is 12.4. The first-order valence-electron chi connectivity index (χ1n) is 5.27. The fraction of sp³-hybridized carbons (Fsp3) is 0.143. The van der Waals surface area contributed by atoms with E-state index in [1.54, 1.807) is 6.07 Å². The first kappa shape index (κ1) is 12.3. The molecule has 0 aliphatic rings. The lowest BCUT2D eigenvalue weighted by atomic mass is 9.97. The van der Waals surface area contributed by atoms with Gasteiger partial charge in [-0.15, -0.1) is 0 Å². The minimum absolute atomic E-state index is 0.332. The zero-order valence-corrected chi connectivity index (χ0v) is 10.9. The molecule has 0 aromatic heterocycles. The SMILES string of the molecule is Cc1ccc(F)cc1[C@@H](O)c1ccc(Br)cc1. The molecule has 0 saturated heterocycles. The van der Waals surface area contributed by atoms with E-state index in [4.69, 9.17) is 0 Å². The summed E-state index contributed by atoms with van der Waals surface area (Å²) in [6.07, 6.45) is -0.793. The van der Waals surface area contributed by atoms with Crippen LogP contribution in [0.15, 0.2) is 46.9 Å². The lowest BCUT2D eigenvalue weighted by Gasteiger charge is -2.14. The van der Waals surface area contributed by atoms with Crippen LogP contribution in [0.1, 0.15) is 22.8 Å². The molecular formula is C14H12BrFO. The van der Waals surface area contributed by atoms with Gasteiger partial charge in [0.05, 0.1) is 0 Å². The molecule has 0 radical (unpaired) electrons.